The van der Waals surface area contributed by atoms with Crippen LogP contribution < -0.4 is 29.0 Å². The molecule has 13 nitrogen and oxygen atoms in total. The zero-order valence-electron chi connectivity index (χ0n) is 31.7. The molecule has 0 aromatic heterocycles. The minimum atomic E-state index is -1.32. The molecule has 6 rings (SSSR count). The summed E-state index contributed by atoms with van der Waals surface area (Å²) in [5.74, 6) is -0.431. The SMILES string of the molecule is CCCN(C(=O)C1=CC(C)(C)N([O])C(C)(C)C1)C(C)(C)C(=O)N[C@@H]1c2cc3c(cc2[C@@H](c2cc(OC)c(OC)c(OC)c2)[C@H]2C(=O)OC[C@@H]21)OCO3. The first-order valence-corrected chi connectivity index (χ1v) is 17.7. The lowest BCUT2D eigenvalue weighted by atomic mass is 9.65. The number of hydroxylamine groups is 2. The van der Waals surface area contributed by atoms with E-state index >= 15 is 0 Å². The van der Waals surface area contributed by atoms with Crippen LogP contribution in [0.3, 0.4) is 0 Å². The van der Waals surface area contributed by atoms with E-state index in [1.54, 1.807) is 38.7 Å². The molecule has 3 aliphatic heterocycles. The van der Waals surface area contributed by atoms with Gasteiger partial charge in [-0.1, -0.05) is 13.0 Å². The van der Waals surface area contributed by atoms with E-state index in [0.717, 1.165) is 21.8 Å². The maximum absolute atomic E-state index is 14.6. The highest BCUT2D eigenvalue weighted by atomic mass is 16.7. The fourth-order valence-electron chi connectivity index (χ4n) is 8.49. The summed E-state index contributed by atoms with van der Waals surface area (Å²) in [5, 5.41) is 17.4. The summed E-state index contributed by atoms with van der Waals surface area (Å²) >= 11 is 0. The van der Waals surface area contributed by atoms with E-state index in [0.29, 0.717) is 47.3 Å². The number of methoxy groups -OCH3 is 3. The van der Waals surface area contributed by atoms with Crippen molar-refractivity contribution in [2.45, 2.75) is 89.9 Å². The molecule has 0 spiro atoms. The number of carbonyl (C=O) groups is 3. The Kier molecular flexibility index (Phi) is 9.67. The molecule has 1 radical (unpaired) electrons. The predicted octanol–water partition coefficient (Wildman–Crippen LogP) is 5.09. The number of amides is 2. The van der Waals surface area contributed by atoms with Crippen LogP contribution in [0.5, 0.6) is 28.7 Å². The molecular formula is C39H50N3O10. The van der Waals surface area contributed by atoms with E-state index in [1.807, 2.05) is 45.0 Å². The van der Waals surface area contributed by atoms with Gasteiger partial charge in [0.2, 0.25) is 24.4 Å². The van der Waals surface area contributed by atoms with Crippen molar-refractivity contribution in [3.05, 3.63) is 52.6 Å². The fourth-order valence-corrected chi connectivity index (χ4v) is 8.49. The third-order valence-electron chi connectivity index (χ3n) is 10.9. The molecule has 1 fully saturated rings. The molecule has 1 aliphatic carbocycles. The van der Waals surface area contributed by atoms with Crippen molar-refractivity contribution in [2.75, 3.05) is 41.3 Å². The minimum Gasteiger partial charge on any atom is -0.493 e. The number of carbonyl (C=O) groups excluding carboxylic acids is 3. The van der Waals surface area contributed by atoms with Gasteiger partial charge in [-0.15, -0.1) is 10.3 Å². The first-order chi connectivity index (χ1) is 24.5. The molecule has 52 heavy (non-hydrogen) atoms. The van der Waals surface area contributed by atoms with E-state index < -0.39 is 52.3 Å². The van der Waals surface area contributed by atoms with Crippen molar-refractivity contribution in [1.29, 1.82) is 0 Å². The molecule has 0 unspecified atom stereocenters. The number of hydrogen-bond acceptors (Lipinski definition) is 10. The lowest BCUT2D eigenvalue weighted by molar-refractivity contribution is -0.263. The lowest BCUT2D eigenvalue weighted by Crippen LogP contribution is -2.61. The molecule has 281 valence electrons. The Morgan fingerprint density at radius 2 is 1.58 bits per heavy atom. The molecule has 13 heteroatoms. The van der Waals surface area contributed by atoms with Crippen LogP contribution in [0.25, 0.3) is 0 Å². The van der Waals surface area contributed by atoms with Gasteiger partial charge in [0.05, 0.1) is 45.4 Å². The Labute approximate surface area is 305 Å². The molecule has 2 aromatic carbocycles. The van der Waals surface area contributed by atoms with Gasteiger partial charge in [0.1, 0.15) is 5.54 Å². The number of fused-ring (bicyclic) bond motifs is 3. The molecule has 1 saturated heterocycles. The summed E-state index contributed by atoms with van der Waals surface area (Å²) < 4.78 is 34.3. The monoisotopic (exact) mass is 720 g/mol. The van der Waals surface area contributed by atoms with Crippen LogP contribution >= 0.6 is 0 Å². The third kappa shape index (κ3) is 6.11. The molecule has 4 atom stereocenters. The van der Waals surface area contributed by atoms with Crippen molar-refractivity contribution in [3.8, 4) is 28.7 Å². The number of benzene rings is 2. The van der Waals surface area contributed by atoms with Crippen LogP contribution in [-0.4, -0.2) is 85.6 Å². The molecule has 0 saturated carbocycles. The molecule has 2 aromatic rings. The standard InChI is InChI=1S/C39H50N3O10/c1-11-12-41(34(43)22-17-37(2,3)42(46)38(4,5)18-22)39(6,7)36(45)40-32-24-16-27-26(51-20-52-27)15-23(24)30(31-25(32)19-50-35(31)44)21-13-28(47-8)33(49-10)29(14-21)48-9/h13-17,25,30-32H,11-12,18-20H2,1-10H3,(H,40,45)/t25-,30+,31-,32+/m0/s1. The topological polar surface area (TPSA) is 145 Å². The Morgan fingerprint density at radius 3 is 2.13 bits per heavy atom. The van der Waals surface area contributed by atoms with Crippen molar-refractivity contribution in [2.24, 2.45) is 11.8 Å². The van der Waals surface area contributed by atoms with Gasteiger partial charge < -0.3 is 38.6 Å². The zero-order chi connectivity index (χ0) is 37.9. The largest absolute Gasteiger partial charge is 0.493 e. The van der Waals surface area contributed by atoms with Gasteiger partial charge in [-0.3, -0.25) is 14.4 Å². The summed E-state index contributed by atoms with van der Waals surface area (Å²) in [6.07, 6.45) is 2.57. The van der Waals surface area contributed by atoms with E-state index in [2.05, 4.69) is 5.32 Å². The molecular weight excluding hydrogens is 670 g/mol. The van der Waals surface area contributed by atoms with Gasteiger partial charge in [0.25, 0.3) is 0 Å². The van der Waals surface area contributed by atoms with Gasteiger partial charge in [0.15, 0.2) is 23.0 Å². The van der Waals surface area contributed by atoms with Crippen molar-refractivity contribution >= 4 is 17.8 Å². The molecule has 2 amide bonds. The van der Waals surface area contributed by atoms with Crippen LogP contribution in [0.4, 0.5) is 0 Å². The van der Waals surface area contributed by atoms with Crippen LogP contribution in [-0.2, 0) is 24.3 Å². The smallest absolute Gasteiger partial charge is 0.310 e. The molecule has 4 aliphatic rings. The number of hydrogen-bond donors (Lipinski definition) is 1. The van der Waals surface area contributed by atoms with E-state index in [4.69, 9.17) is 28.4 Å². The summed E-state index contributed by atoms with van der Waals surface area (Å²) in [5.41, 5.74) is -0.320. The summed E-state index contributed by atoms with van der Waals surface area (Å²) in [7, 11) is 4.59. The summed E-state index contributed by atoms with van der Waals surface area (Å²) in [4.78, 5) is 44.3. The highest BCUT2D eigenvalue weighted by Gasteiger charge is 2.54. The van der Waals surface area contributed by atoms with Gasteiger partial charge in [-0.05, 0) is 95.3 Å². The van der Waals surface area contributed by atoms with Crippen LogP contribution in [0.15, 0.2) is 35.9 Å². The van der Waals surface area contributed by atoms with Crippen molar-refractivity contribution < 1.29 is 48.0 Å². The number of ether oxygens (including phenoxy) is 6. The number of nitrogens with one attached hydrogen (secondary N) is 1. The van der Waals surface area contributed by atoms with Crippen LogP contribution in [0.2, 0.25) is 0 Å². The first kappa shape index (κ1) is 37.3. The van der Waals surface area contributed by atoms with E-state index in [9.17, 15) is 19.6 Å². The predicted molar refractivity (Wildman–Crippen MR) is 189 cm³/mol. The highest BCUT2D eigenvalue weighted by Crippen LogP contribution is 2.56. The van der Waals surface area contributed by atoms with E-state index in [-0.39, 0.29) is 25.7 Å². The van der Waals surface area contributed by atoms with Gasteiger partial charge in [0, 0.05) is 29.5 Å². The number of esters is 1. The second-order valence-electron chi connectivity index (χ2n) is 15.7. The van der Waals surface area contributed by atoms with Crippen molar-refractivity contribution in [3.63, 3.8) is 0 Å². The number of nitrogens with zero attached hydrogens (tertiary/aromatic N) is 2. The second kappa shape index (κ2) is 13.5. The maximum atomic E-state index is 14.6. The summed E-state index contributed by atoms with van der Waals surface area (Å²) in [6, 6.07) is 6.70. The first-order valence-electron chi connectivity index (χ1n) is 17.7. The van der Waals surface area contributed by atoms with Crippen molar-refractivity contribution in [1.82, 2.24) is 15.3 Å². The fraction of sp³-hybridized carbons (Fsp3) is 0.564. The maximum Gasteiger partial charge on any atom is 0.310 e. The van der Waals surface area contributed by atoms with Crippen LogP contribution in [0, 0.1) is 11.8 Å². The minimum absolute atomic E-state index is 0.0354. The Bertz CT molecular complexity index is 1780. The zero-order valence-corrected chi connectivity index (χ0v) is 31.7. The molecule has 1 N–H and O–H groups in total. The third-order valence-corrected chi connectivity index (χ3v) is 10.9. The van der Waals surface area contributed by atoms with Gasteiger partial charge in [-0.25, -0.2) is 0 Å². The number of rotatable bonds is 10. The average Bonchev–Trinajstić information content (AvgIpc) is 3.73. The average molecular weight is 721 g/mol. The second-order valence-corrected chi connectivity index (χ2v) is 15.7. The molecule has 3 heterocycles. The molecule has 0 bridgehead atoms. The summed E-state index contributed by atoms with van der Waals surface area (Å²) in [6.45, 7) is 13.0. The van der Waals surface area contributed by atoms with E-state index in [1.165, 1.54) is 21.3 Å². The Balaban J connectivity index is 1.41. The normalized spacial score (nSPS) is 24.2. The van der Waals surface area contributed by atoms with Gasteiger partial charge in [-0.2, -0.15) is 0 Å². The van der Waals surface area contributed by atoms with Crippen LogP contribution in [0.1, 0.15) is 90.0 Å². The lowest BCUT2D eigenvalue weighted by Gasteiger charge is -2.47. The van der Waals surface area contributed by atoms with Gasteiger partial charge >= 0.3 is 5.97 Å². The highest BCUT2D eigenvalue weighted by molar-refractivity contribution is 5.99. The Hall–Kier alpha value is -4.49. The quantitative estimate of drug-likeness (QED) is 0.330. The number of cyclic esters (lactones) is 1. The Morgan fingerprint density at radius 1 is 0.962 bits per heavy atom.